The van der Waals surface area contributed by atoms with Crippen molar-refractivity contribution in [3.8, 4) is 22.8 Å². The van der Waals surface area contributed by atoms with Gasteiger partial charge in [0.1, 0.15) is 11.6 Å². The summed E-state index contributed by atoms with van der Waals surface area (Å²) in [6.07, 6.45) is 3.93. The third kappa shape index (κ3) is 5.80. The molecule has 0 radical (unpaired) electrons. The Balaban J connectivity index is 1.25. The molecule has 4 N–H and O–H groups in total. The first kappa shape index (κ1) is 24.5. The largest absolute Gasteiger partial charge is 0.497 e. The summed E-state index contributed by atoms with van der Waals surface area (Å²) in [7, 11) is 3.40. The summed E-state index contributed by atoms with van der Waals surface area (Å²) in [5.74, 6) is 2.78. The monoisotopic (exact) mass is 501 g/mol. The number of carbonyl (C=O) groups excluding carboxylic acids is 1. The molecule has 4 aromatic rings. The number of methoxy groups -OCH3 is 1. The first-order valence-corrected chi connectivity index (χ1v) is 12.4. The topological polar surface area (TPSA) is 126 Å². The lowest BCUT2D eigenvalue weighted by atomic mass is 9.99. The number of hydrogen-bond donors (Lipinski definition) is 4. The molecular weight excluding hydrogens is 470 g/mol. The number of fused-ring (bicyclic) bond motifs is 1. The van der Waals surface area contributed by atoms with Crippen LogP contribution in [0, 0.1) is 5.92 Å². The zero-order valence-electron chi connectivity index (χ0n) is 21.0. The van der Waals surface area contributed by atoms with Gasteiger partial charge in [0.15, 0.2) is 0 Å². The van der Waals surface area contributed by atoms with E-state index >= 15 is 0 Å². The molecule has 0 unspecified atom stereocenters. The standard InChI is InChI=1S/C27H31N7O3/c1-28-27-31-14-21(26(34-27)37-16-17-9-11-29-12-10-17)18-3-5-19(6-4-18)25(35)30-15-24-32-22-8-7-20(36-2)13-23(22)33-24/h3-8,13-14,17,29H,9-12,15-16H2,1-2H3,(H,30,35)(H,32,33)(H,28,31,34). The zero-order valence-corrected chi connectivity index (χ0v) is 21.0. The maximum absolute atomic E-state index is 12.8. The highest BCUT2D eigenvalue weighted by molar-refractivity contribution is 5.94. The van der Waals surface area contributed by atoms with Gasteiger partial charge >= 0.3 is 0 Å². The number of aromatic nitrogens is 4. The second kappa shape index (κ2) is 11.3. The maximum Gasteiger partial charge on any atom is 0.251 e. The van der Waals surface area contributed by atoms with Crippen LogP contribution in [0.25, 0.3) is 22.2 Å². The Hall–Kier alpha value is -4.18. The van der Waals surface area contributed by atoms with E-state index in [-0.39, 0.29) is 12.5 Å². The van der Waals surface area contributed by atoms with Crippen molar-refractivity contribution in [2.24, 2.45) is 5.92 Å². The fraction of sp³-hybridized carbons (Fsp3) is 0.333. The van der Waals surface area contributed by atoms with Crippen molar-refractivity contribution < 1.29 is 14.3 Å². The number of hydrogen-bond acceptors (Lipinski definition) is 8. The molecule has 3 heterocycles. The molecule has 1 saturated heterocycles. The van der Waals surface area contributed by atoms with Crippen molar-refractivity contribution in [2.45, 2.75) is 19.4 Å². The third-order valence-corrected chi connectivity index (χ3v) is 6.50. The molecular formula is C27H31N7O3. The van der Waals surface area contributed by atoms with Crippen LogP contribution in [0.4, 0.5) is 5.95 Å². The predicted octanol–water partition coefficient (Wildman–Crippen LogP) is 3.38. The third-order valence-electron chi connectivity index (χ3n) is 6.50. The molecule has 10 heteroatoms. The second-order valence-electron chi connectivity index (χ2n) is 8.99. The van der Waals surface area contributed by atoms with E-state index in [0.29, 0.717) is 35.7 Å². The predicted molar refractivity (Wildman–Crippen MR) is 142 cm³/mol. The number of benzene rings is 2. The molecule has 2 aromatic heterocycles. The Bertz CT molecular complexity index is 1360. The van der Waals surface area contributed by atoms with E-state index in [1.807, 2.05) is 30.3 Å². The number of rotatable bonds is 9. The summed E-state index contributed by atoms with van der Waals surface area (Å²) in [4.78, 5) is 29.4. The zero-order chi connectivity index (χ0) is 25.6. The van der Waals surface area contributed by atoms with E-state index in [2.05, 4.69) is 35.9 Å². The van der Waals surface area contributed by atoms with Gasteiger partial charge in [-0.05, 0) is 61.7 Å². The highest BCUT2D eigenvalue weighted by Crippen LogP contribution is 2.30. The molecule has 192 valence electrons. The van der Waals surface area contributed by atoms with Gasteiger partial charge in [-0.1, -0.05) is 12.1 Å². The molecule has 1 amide bonds. The van der Waals surface area contributed by atoms with Gasteiger partial charge in [-0.2, -0.15) is 4.98 Å². The number of imidazole rings is 1. The summed E-state index contributed by atoms with van der Waals surface area (Å²) in [5, 5.41) is 9.27. The number of nitrogens with zero attached hydrogens (tertiary/aromatic N) is 3. The van der Waals surface area contributed by atoms with Gasteiger partial charge < -0.3 is 30.4 Å². The lowest BCUT2D eigenvalue weighted by molar-refractivity contribution is 0.0950. The van der Waals surface area contributed by atoms with Crippen LogP contribution < -0.4 is 25.4 Å². The van der Waals surface area contributed by atoms with Crippen LogP contribution in [0.3, 0.4) is 0 Å². The van der Waals surface area contributed by atoms with Gasteiger partial charge in [-0.15, -0.1) is 0 Å². The fourth-order valence-electron chi connectivity index (χ4n) is 4.36. The molecule has 0 aliphatic carbocycles. The summed E-state index contributed by atoms with van der Waals surface area (Å²) in [5.41, 5.74) is 3.89. The quantitative estimate of drug-likeness (QED) is 0.275. The van der Waals surface area contributed by atoms with E-state index in [1.165, 1.54) is 0 Å². The van der Waals surface area contributed by atoms with Gasteiger partial charge in [0, 0.05) is 24.9 Å². The number of ether oxygens (including phenoxy) is 2. The van der Waals surface area contributed by atoms with E-state index < -0.39 is 0 Å². The van der Waals surface area contributed by atoms with Crippen LogP contribution in [0.15, 0.2) is 48.7 Å². The molecule has 10 nitrogen and oxygen atoms in total. The molecule has 1 fully saturated rings. The van der Waals surface area contributed by atoms with E-state index in [0.717, 1.165) is 53.8 Å². The number of nitrogens with one attached hydrogen (secondary N) is 4. The molecule has 1 aliphatic heterocycles. The SMILES string of the molecule is CNc1ncc(-c2ccc(C(=O)NCc3nc4ccc(OC)cc4[nH]3)cc2)c(OCC2CCNCC2)n1. The van der Waals surface area contributed by atoms with E-state index in [1.54, 1.807) is 32.5 Å². The molecule has 5 rings (SSSR count). The van der Waals surface area contributed by atoms with Crippen molar-refractivity contribution in [3.63, 3.8) is 0 Å². The van der Waals surface area contributed by atoms with E-state index in [4.69, 9.17) is 9.47 Å². The van der Waals surface area contributed by atoms with Gasteiger partial charge in [0.05, 0.1) is 36.9 Å². The van der Waals surface area contributed by atoms with Crippen molar-refractivity contribution in [2.75, 3.05) is 39.2 Å². The smallest absolute Gasteiger partial charge is 0.251 e. The van der Waals surface area contributed by atoms with Crippen LogP contribution in [0.2, 0.25) is 0 Å². The van der Waals surface area contributed by atoms with Crippen molar-refractivity contribution in [1.82, 2.24) is 30.6 Å². The minimum Gasteiger partial charge on any atom is -0.497 e. The molecule has 0 saturated carbocycles. The van der Waals surface area contributed by atoms with Crippen LogP contribution in [0.5, 0.6) is 11.6 Å². The molecule has 1 aliphatic rings. The second-order valence-corrected chi connectivity index (χ2v) is 8.99. The molecule has 0 bridgehead atoms. The highest BCUT2D eigenvalue weighted by Gasteiger charge is 2.17. The normalized spacial score (nSPS) is 13.9. The van der Waals surface area contributed by atoms with Crippen LogP contribution in [-0.4, -0.2) is 59.7 Å². The van der Waals surface area contributed by atoms with Crippen LogP contribution >= 0.6 is 0 Å². The first-order valence-electron chi connectivity index (χ1n) is 12.4. The minimum atomic E-state index is -0.186. The molecule has 0 atom stereocenters. The molecule has 2 aromatic carbocycles. The Labute approximate surface area is 215 Å². The fourth-order valence-corrected chi connectivity index (χ4v) is 4.36. The average molecular weight is 502 g/mol. The van der Waals surface area contributed by atoms with Crippen LogP contribution in [-0.2, 0) is 6.54 Å². The summed E-state index contributed by atoms with van der Waals surface area (Å²) in [6.45, 7) is 2.93. The lowest BCUT2D eigenvalue weighted by Gasteiger charge is -2.23. The van der Waals surface area contributed by atoms with Gasteiger partial charge in [0.25, 0.3) is 5.91 Å². The van der Waals surface area contributed by atoms with Crippen LogP contribution in [0.1, 0.15) is 29.0 Å². The lowest BCUT2D eigenvalue weighted by Crippen LogP contribution is -2.30. The van der Waals surface area contributed by atoms with E-state index in [9.17, 15) is 4.79 Å². The highest BCUT2D eigenvalue weighted by atomic mass is 16.5. The van der Waals surface area contributed by atoms with Gasteiger partial charge in [0.2, 0.25) is 11.8 Å². The number of H-pyrrole nitrogens is 1. The Morgan fingerprint density at radius 3 is 2.68 bits per heavy atom. The molecule has 0 spiro atoms. The summed E-state index contributed by atoms with van der Waals surface area (Å²) >= 11 is 0. The summed E-state index contributed by atoms with van der Waals surface area (Å²) in [6, 6.07) is 13.0. The average Bonchev–Trinajstić information content (AvgIpc) is 3.37. The number of carbonyl (C=O) groups is 1. The maximum atomic E-state index is 12.8. The number of amides is 1. The summed E-state index contributed by atoms with van der Waals surface area (Å²) < 4.78 is 11.4. The number of piperidine rings is 1. The van der Waals surface area contributed by atoms with Crippen molar-refractivity contribution >= 4 is 22.9 Å². The molecule has 37 heavy (non-hydrogen) atoms. The Morgan fingerprint density at radius 1 is 1.11 bits per heavy atom. The Kier molecular flexibility index (Phi) is 7.46. The first-order chi connectivity index (χ1) is 18.1. The Morgan fingerprint density at radius 2 is 1.92 bits per heavy atom. The van der Waals surface area contributed by atoms with Crippen molar-refractivity contribution in [3.05, 3.63) is 60.0 Å². The number of anilines is 1. The van der Waals surface area contributed by atoms with Gasteiger partial charge in [-0.3, -0.25) is 4.79 Å². The number of aromatic amines is 1. The minimum absolute atomic E-state index is 0.186. The van der Waals surface area contributed by atoms with Crippen molar-refractivity contribution in [1.29, 1.82) is 0 Å². The van der Waals surface area contributed by atoms with Gasteiger partial charge in [-0.25, -0.2) is 9.97 Å².